The van der Waals surface area contributed by atoms with Crippen molar-refractivity contribution in [2.75, 3.05) is 6.61 Å². The number of rotatable bonds is 25. The van der Waals surface area contributed by atoms with Gasteiger partial charge in [0.05, 0.1) is 12.4 Å². The van der Waals surface area contributed by atoms with Crippen molar-refractivity contribution in [3.63, 3.8) is 0 Å². The predicted octanol–water partition coefficient (Wildman–Crippen LogP) is 16.8. The SMILES string of the molecule is C=C(Cc1ccc(OC(=C)c2ccc(CCCCCCC(=O)C(CC(C)(C)C)C(C)(C)C)cc2)cc1C)c1ccc(CCCCCO/C(=C/C)C(CC(C)(C)C)C(C)C)cc1. The van der Waals surface area contributed by atoms with Crippen LogP contribution in [0.2, 0.25) is 0 Å². The number of carbonyl (C=O) groups excluding carboxylic acids is 1. The van der Waals surface area contributed by atoms with E-state index in [1.807, 2.05) is 6.07 Å². The smallest absolute Gasteiger partial charge is 0.136 e. The molecule has 2 atom stereocenters. The van der Waals surface area contributed by atoms with E-state index in [2.05, 4.69) is 170 Å². The van der Waals surface area contributed by atoms with Crippen LogP contribution in [0.15, 0.2) is 91.7 Å². The van der Waals surface area contributed by atoms with Gasteiger partial charge in [0.1, 0.15) is 17.3 Å². The summed E-state index contributed by atoms with van der Waals surface area (Å²) in [5.74, 6) is 4.24. The minimum atomic E-state index is 0.0144. The first-order valence-corrected chi connectivity index (χ1v) is 23.7. The number of ether oxygens (including phenoxy) is 2. The number of Topliss-reactive ketones (excluding diaryl/α,β-unsaturated/α-hetero) is 1. The molecule has 0 N–H and O–H groups in total. The number of hydrogen-bond donors (Lipinski definition) is 0. The van der Waals surface area contributed by atoms with Crippen molar-refractivity contribution in [2.45, 2.75) is 173 Å². The maximum atomic E-state index is 13.1. The second-order valence-electron chi connectivity index (χ2n) is 21.8. The highest BCUT2D eigenvalue weighted by Crippen LogP contribution is 2.38. The fraction of sp³-hybridized carbons (Fsp3) is 0.569. The lowest BCUT2D eigenvalue weighted by molar-refractivity contribution is -0.127. The number of allylic oxidation sites excluding steroid dienone is 3. The van der Waals surface area contributed by atoms with E-state index in [1.54, 1.807) is 0 Å². The summed E-state index contributed by atoms with van der Waals surface area (Å²) in [5.41, 5.74) is 8.89. The highest BCUT2D eigenvalue weighted by molar-refractivity contribution is 5.81. The Kier molecular flexibility index (Phi) is 20.4. The van der Waals surface area contributed by atoms with Gasteiger partial charge < -0.3 is 9.47 Å². The molecule has 3 aromatic rings. The maximum Gasteiger partial charge on any atom is 0.136 e. The van der Waals surface area contributed by atoms with Gasteiger partial charge in [-0.1, -0.05) is 157 Å². The summed E-state index contributed by atoms with van der Waals surface area (Å²) in [6, 6.07) is 23.9. The molecule has 0 radical (unpaired) electrons. The monoisotopic (exact) mass is 831 g/mol. The summed E-state index contributed by atoms with van der Waals surface area (Å²) in [5, 5.41) is 0. The number of aryl methyl sites for hydroxylation is 3. The Balaban J connectivity index is 1.38. The van der Waals surface area contributed by atoms with Crippen molar-refractivity contribution in [1.82, 2.24) is 0 Å². The largest absolute Gasteiger partial charge is 0.498 e. The van der Waals surface area contributed by atoms with Crippen LogP contribution in [0.5, 0.6) is 5.75 Å². The molecule has 0 saturated heterocycles. The summed E-state index contributed by atoms with van der Waals surface area (Å²) in [7, 11) is 0. The van der Waals surface area contributed by atoms with E-state index < -0.39 is 0 Å². The molecule has 3 rings (SSSR count). The minimum Gasteiger partial charge on any atom is -0.498 e. The molecule has 3 aromatic carbocycles. The Bertz CT molecular complexity index is 1830. The fourth-order valence-electron chi connectivity index (χ4n) is 8.43. The first kappa shape index (κ1) is 51.5. The Morgan fingerprint density at radius 2 is 1.23 bits per heavy atom. The normalized spacial score (nSPS) is 13.6. The zero-order valence-electron chi connectivity index (χ0n) is 41.2. The molecule has 3 heteroatoms. The Labute approximate surface area is 374 Å². The highest BCUT2D eigenvalue weighted by atomic mass is 16.5. The van der Waals surface area contributed by atoms with Crippen molar-refractivity contribution in [1.29, 1.82) is 0 Å². The Morgan fingerprint density at radius 3 is 1.74 bits per heavy atom. The molecule has 0 heterocycles. The third-order valence-corrected chi connectivity index (χ3v) is 12.2. The fourth-order valence-corrected chi connectivity index (χ4v) is 8.43. The van der Waals surface area contributed by atoms with Gasteiger partial charge in [-0.25, -0.2) is 0 Å². The Hall–Kier alpha value is -3.85. The topological polar surface area (TPSA) is 35.5 Å². The van der Waals surface area contributed by atoms with Gasteiger partial charge in [0.2, 0.25) is 0 Å². The molecular formula is C58H86O3. The van der Waals surface area contributed by atoms with Crippen molar-refractivity contribution >= 4 is 17.1 Å². The lowest BCUT2D eigenvalue weighted by Crippen LogP contribution is -2.32. The number of unbranched alkanes of at least 4 members (excludes halogenated alkanes) is 5. The van der Waals surface area contributed by atoms with E-state index in [9.17, 15) is 4.79 Å². The molecule has 336 valence electrons. The van der Waals surface area contributed by atoms with Crippen LogP contribution in [0.25, 0.3) is 11.3 Å². The van der Waals surface area contributed by atoms with Gasteiger partial charge in [-0.3, -0.25) is 4.79 Å². The third-order valence-electron chi connectivity index (χ3n) is 12.2. The summed E-state index contributed by atoms with van der Waals surface area (Å²) < 4.78 is 12.6. The average Bonchev–Trinajstić information content (AvgIpc) is 3.17. The molecule has 0 aliphatic heterocycles. The van der Waals surface area contributed by atoms with Crippen LogP contribution in [-0.4, -0.2) is 12.4 Å². The van der Waals surface area contributed by atoms with Crippen LogP contribution in [0, 0.1) is 40.9 Å². The van der Waals surface area contributed by atoms with Gasteiger partial charge in [-0.15, -0.1) is 0 Å². The molecular weight excluding hydrogens is 745 g/mol. The first-order chi connectivity index (χ1) is 28.6. The van der Waals surface area contributed by atoms with E-state index in [-0.39, 0.29) is 22.2 Å². The van der Waals surface area contributed by atoms with E-state index in [0.29, 0.717) is 29.8 Å². The lowest BCUT2D eigenvalue weighted by atomic mass is 9.69. The second kappa shape index (κ2) is 24.1. The van der Waals surface area contributed by atoms with Crippen LogP contribution in [0.1, 0.15) is 181 Å². The molecule has 3 nitrogen and oxygen atoms in total. The minimum absolute atomic E-state index is 0.0144. The maximum absolute atomic E-state index is 13.1. The van der Waals surface area contributed by atoms with Gasteiger partial charge >= 0.3 is 0 Å². The number of carbonyl (C=O) groups is 1. The lowest BCUT2D eigenvalue weighted by Gasteiger charge is -2.34. The van der Waals surface area contributed by atoms with E-state index in [1.165, 1.54) is 46.4 Å². The predicted molar refractivity (Wildman–Crippen MR) is 265 cm³/mol. The highest BCUT2D eigenvalue weighted by Gasteiger charge is 2.34. The molecule has 0 aromatic heterocycles. The zero-order chi connectivity index (χ0) is 45.4. The van der Waals surface area contributed by atoms with Gasteiger partial charge in [-0.2, -0.15) is 0 Å². The summed E-state index contributed by atoms with van der Waals surface area (Å²) in [6.07, 6.45) is 15.7. The van der Waals surface area contributed by atoms with Crippen LogP contribution in [0.4, 0.5) is 0 Å². The summed E-state index contributed by atoms with van der Waals surface area (Å²) in [4.78, 5) is 13.1. The van der Waals surface area contributed by atoms with Gasteiger partial charge in [-0.05, 0) is 152 Å². The Morgan fingerprint density at radius 1 is 0.689 bits per heavy atom. The molecule has 61 heavy (non-hydrogen) atoms. The van der Waals surface area contributed by atoms with Crippen LogP contribution < -0.4 is 4.74 Å². The zero-order valence-corrected chi connectivity index (χ0v) is 41.2. The van der Waals surface area contributed by atoms with E-state index >= 15 is 0 Å². The number of ketones is 1. The summed E-state index contributed by atoms with van der Waals surface area (Å²) >= 11 is 0. The first-order valence-electron chi connectivity index (χ1n) is 23.7. The van der Waals surface area contributed by atoms with Crippen molar-refractivity contribution in [3.05, 3.63) is 125 Å². The number of hydrogen-bond acceptors (Lipinski definition) is 3. The van der Waals surface area contributed by atoms with Gasteiger partial charge in [0.25, 0.3) is 0 Å². The standard InChI is InChI=1S/C58H86O3/c1-16-55(52(42(2)3)40-56(7,8)9)60-37-23-19-21-25-46-27-31-48(32-28-46)43(4)38-50-35-36-51(39-44(50)5)61-45(6)49-33-29-47(30-34-49)24-20-17-18-22-26-54(59)53(58(13,14)15)41-57(10,11)12/h16,27-36,39,42,52-53H,4,6,17-26,37-38,40-41H2,1-3,5,7-15H3/b55-16+. The quantitative estimate of drug-likeness (QED) is 0.0630. The van der Waals surface area contributed by atoms with Crippen LogP contribution in [0.3, 0.4) is 0 Å². The van der Waals surface area contributed by atoms with Crippen LogP contribution in [-0.2, 0) is 28.8 Å². The third kappa shape index (κ3) is 19.0. The molecule has 0 aliphatic rings. The molecule has 0 bridgehead atoms. The van der Waals surface area contributed by atoms with E-state index in [0.717, 1.165) is 87.7 Å². The van der Waals surface area contributed by atoms with E-state index in [4.69, 9.17) is 9.47 Å². The molecule has 2 unspecified atom stereocenters. The summed E-state index contributed by atoms with van der Waals surface area (Å²) in [6.45, 7) is 38.7. The van der Waals surface area contributed by atoms with Crippen molar-refractivity contribution < 1.29 is 14.3 Å². The van der Waals surface area contributed by atoms with Crippen LogP contribution >= 0.6 is 0 Å². The molecule has 0 aliphatic carbocycles. The van der Waals surface area contributed by atoms with Gasteiger partial charge in [0, 0.05) is 23.8 Å². The molecule has 0 amide bonds. The second-order valence-corrected chi connectivity index (χ2v) is 21.8. The van der Waals surface area contributed by atoms with Gasteiger partial charge in [0.15, 0.2) is 0 Å². The molecule has 0 fully saturated rings. The average molecular weight is 831 g/mol. The van der Waals surface area contributed by atoms with Crippen molar-refractivity contribution in [3.8, 4) is 5.75 Å². The molecule has 0 saturated carbocycles. The van der Waals surface area contributed by atoms with Crippen molar-refractivity contribution in [2.24, 2.45) is 34.0 Å². The number of benzene rings is 3. The molecule has 0 spiro atoms.